The smallest absolute Gasteiger partial charge is 0.141 e. The summed E-state index contributed by atoms with van der Waals surface area (Å²) in [6.45, 7) is 5.08. The van der Waals surface area contributed by atoms with E-state index >= 15 is 0 Å². The first-order valence-electron chi connectivity index (χ1n) is 7.39. The molecule has 1 unspecified atom stereocenters. The highest BCUT2D eigenvalue weighted by Gasteiger charge is 2.25. The zero-order chi connectivity index (χ0) is 13.2. The topological polar surface area (TPSA) is 28.2 Å². The summed E-state index contributed by atoms with van der Waals surface area (Å²) in [6.07, 6.45) is 6.28. The maximum absolute atomic E-state index is 13.4. The fraction of sp³-hybridized carbons (Fsp3) is 0.667. The lowest BCUT2D eigenvalue weighted by Crippen LogP contribution is -2.25. The van der Waals surface area contributed by atoms with Gasteiger partial charge in [0.2, 0.25) is 0 Å². The van der Waals surface area contributed by atoms with E-state index in [0.717, 1.165) is 36.9 Å². The molecule has 19 heavy (non-hydrogen) atoms. The molecule has 0 amide bonds. The summed E-state index contributed by atoms with van der Waals surface area (Å²) in [4.78, 5) is 6.66. The van der Waals surface area contributed by atoms with Gasteiger partial charge < -0.3 is 10.2 Å². The van der Waals surface area contributed by atoms with E-state index in [-0.39, 0.29) is 5.82 Å². The minimum Gasteiger partial charge on any atom is -0.356 e. The molecule has 1 saturated heterocycles. The summed E-state index contributed by atoms with van der Waals surface area (Å²) in [7, 11) is 0. The van der Waals surface area contributed by atoms with Crippen LogP contribution in [0.15, 0.2) is 12.3 Å². The summed E-state index contributed by atoms with van der Waals surface area (Å²) in [5.41, 5.74) is 1.00. The molecule has 1 N–H and O–H groups in total. The van der Waals surface area contributed by atoms with Gasteiger partial charge in [0.15, 0.2) is 0 Å². The van der Waals surface area contributed by atoms with Gasteiger partial charge in [-0.15, -0.1) is 0 Å². The molecule has 0 radical (unpaired) electrons. The van der Waals surface area contributed by atoms with Crippen LogP contribution in [0.25, 0.3) is 0 Å². The third-order valence-corrected chi connectivity index (χ3v) is 4.23. The molecule has 4 heteroatoms. The number of rotatable bonds is 5. The Morgan fingerprint density at radius 2 is 2.26 bits per heavy atom. The van der Waals surface area contributed by atoms with Gasteiger partial charge in [0.25, 0.3) is 0 Å². The summed E-state index contributed by atoms with van der Waals surface area (Å²) in [6, 6.07) is 2.27. The van der Waals surface area contributed by atoms with Crippen molar-refractivity contribution in [2.24, 2.45) is 5.92 Å². The van der Waals surface area contributed by atoms with Crippen molar-refractivity contribution in [3.05, 3.63) is 23.6 Å². The van der Waals surface area contributed by atoms with Gasteiger partial charge in [-0.3, -0.25) is 0 Å². The van der Waals surface area contributed by atoms with E-state index in [1.807, 2.05) is 0 Å². The van der Waals surface area contributed by atoms with Crippen molar-refractivity contribution >= 4 is 5.82 Å². The van der Waals surface area contributed by atoms with Crippen molar-refractivity contribution < 1.29 is 4.39 Å². The van der Waals surface area contributed by atoms with E-state index in [2.05, 4.69) is 22.1 Å². The van der Waals surface area contributed by atoms with Crippen LogP contribution in [0.5, 0.6) is 0 Å². The monoisotopic (exact) mass is 263 g/mol. The van der Waals surface area contributed by atoms with Gasteiger partial charge in [-0.25, -0.2) is 9.37 Å². The predicted molar refractivity (Wildman–Crippen MR) is 74.7 cm³/mol. The first kappa shape index (κ1) is 12.9. The number of aromatic nitrogens is 1. The predicted octanol–water partition coefficient (Wildman–Crippen LogP) is 2.71. The van der Waals surface area contributed by atoms with Gasteiger partial charge in [-0.1, -0.05) is 13.3 Å². The highest BCUT2D eigenvalue weighted by atomic mass is 19.1. The van der Waals surface area contributed by atoms with Crippen LogP contribution >= 0.6 is 0 Å². The van der Waals surface area contributed by atoms with Gasteiger partial charge in [0.1, 0.15) is 11.6 Å². The number of anilines is 1. The van der Waals surface area contributed by atoms with Gasteiger partial charge in [0, 0.05) is 31.2 Å². The van der Waals surface area contributed by atoms with E-state index in [4.69, 9.17) is 0 Å². The number of nitrogens with one attached hydrogen (secondary N) is 1. The molecule has 1 aliphatic heterocycles. The Morgan fingerprint density at radius 1 is 1.42 bits per heavy atom. The van der Waals surface area contributed by atoms with Crippen molar-refractivity contribution in [3.8, 4) is 0 Å². The molecule has 3 rings (SSSR count). The maximum atomic E-state index is 13.4. The first-order chi connectivity index (χ1) is 9.26. The molecule has 2 aliphatic rings. The van der Waals surface area contributed by atoms with Crippen molar-refractivity contribution in [2.75, 3.05) is 18.0 Å². The lowest BCUT2D eigenvalue weighted by Gasteiger charge is -2.21. The standard InChI is InChI=1S/C15H22FN3/c1-2-11-5-6-19(10-11)15-12(7-13(16)9-18-15)8-17-14-3-4-14/h7,9,11,14,17H,2-6,8,10H2,1H3. The maximum Gasteiger partial charge on any atom is 0.141 e. The van der Waals surface area contributed by atoms with Crippen LogP contribution in [0.3, 0.4) is 0 Å². The minimum absolute atomic E-state index is 0.234. The Labute approximate surface area is 114 Å². The van der Waals surface area contributed by atoms with Crippen LogP contribution in [0.1, 0.15) is 38.2 Å². The summed E-state index contributed by atoms with van der Waals surface area (Å²) in [5.74, 6) is 1.50. The Bertz CT molecular complexity index is 445. The number of nitrogens with zero attached hydrogens (tertiary/aromatic N) is 2. The first-order valence-corrected chi connectivity index (χ1v) is 7.39. The molecule has 1 aromatic rings. The molecular formula is C15H22FN3. The van der Waals surface area contributed by atoms with Crippen LogP contribution < -0.4 is 10.2 Å². The Morgan fingerprint density at radius 3 is 2.95 bits per heavy atom. The Balaban J connectivity index is 1.74. The van der Waals surface area contributed by atoms with Crippen LogP contribution in [-0.2, 0) is 6.54 Å². The van der Waals surface area contributed by atoms with Crippen LogP contribution in [0.2, 0.25) is 0 Å². The summed E-state index contributed by atoms with van der Waals surface area (Å²) < 4.78 is 13.4. The second-order valence-electron chi connectivity index (χ2n) is 5.80. The lowest BCUT2D eigenvalue weighted by molar-refractivity contribution is 0.568. The normalized spacial score (nSPS) is 23.1. The number of hydrogen-bond donors (Lipinski definition) is 1. The second-order valence-corrected chi connectivity index (χ2v) is 5.80. The number of pyridine rings is 1. The second kappa shape index (κ2) is 5.45. The zero-order valence-corrected chi connectivity index (χ0v) is 11.5. The molecule has 3 nitrogen and oxygen atoms in total. The third kappa shape index (κ3) is 3.06. The van der Waals surface area contributed by atoms with Gasteiger partial charge in [0.05, 0.1) is 6.20 Å². The van der Waals surface area contributed by atoms with Crippen molar-refractivity contribution in [1.29, 1.82) is 0 Å². The fourth-order valence-electron chi connectivity index (χ4n) is 2.79. The molecule has 0 aromatic carbocycles. The summed E-state index contributed by atoms with van der Waals surface area (Å²) in [5, 5.41) is 3.46. The van der Waals surface area contributed by atoms with E-state index < -0.39 is 0 Å². The average Bonchev–Trinajstić information content (AvgIpc) is 3.13. The van der Waals surface area contributed by atoms with E-state index in [1.165, 1.54) is 31.9 Å². The average molecular weight is 263 g/mol. The van der Waals surface area contributed by atoms with Crippen molar-refractivity contribution in [1.82, 2.24) is 10.3 Å². The highest BCUT2D eigenvalue weighted by Crippen LogP contribution is 2.28. The SMILES string of the molecule is CCC1CCN(c2ncc(F)cc2CNC2CC2)C1. The Hall–Kier alpha value is -1.16. The largest absolute Gasteiger partial charge is 0.356 e. The van der Waals surface area contributed by atoms with Gasteiger partial charge in [-0.2, -0.15) is 0 Å². The van der Waals surface area contributed by atoms with Crippen LogP contribution in [0, 0.1) is 11.7 Å². The van der Waals surface area contributed by atoms with Gasteiger partial charge >= 0.3 is 0 Å². The molecule has 0 bridgehead atoms. The number of hydrogen-bond acceptors (Lipinski definition) is 3. The molecule has 1 aliphatic carbocycles. The molecule has 2 fully saturated rings. The number of halogens is 1. The zero-order valence-electron chi connectivity index (χ0n) is 11.5. The highest BCUT2D eigenvalue weighted by molar-refractivity contribution is 5.48. The third-order valence-electron chi connectivity index (χ3n) is 4.23. The summed E-state index contributed by atoms with van der Waals surface area (Å²) >= 11 is 0. The lowest BCUT2D eigenvalue weighted by atomic mass is 10.1. The molecule has 2 heterocycles. The molecule has 1 aromatic heterocycles. The quantitative estimate of drug-likeness (QED) is 0.885. The van der Waals surface area contributed by atoms with Crippen LogP contribution in [-0.4, -0.2) is 24.1 Å². The minimum atomic E-state index is -0.234. The van der Waals surface area contributed by atoms with E-state index in [0.29, 0.717) is 6.04 Å². The van der Waals surface area contributed by atoms with Crippen molar-refractivity contribution in [2.45, 2.75) is 45.2 Å². The molecule has 104 valence electrons. The van der Waals surface area contributed by atoms with Crippen molar-refractivity contribution in [3.63, 3.8) is 0 Å². The van der Waals surface area contributed by atoms with Crippen LogP contribution in [0.4, 0.5) is 10.2 Å². The Kier molecular flexibility index (Phi) is 3.69. The fourth-order valence-corrected chi connectivity index (χ4v) is 2.79. The molecule has 0 spiro atoms. The molecule has 1 atom stereocenters. The van der Waals surface area contributed by atoms with E-state index in [1.54, 1.807) is 6.07 Å². The molecular weight excluding hydrogens is 241 g/mol. The van der Waals surface area contributed by atoms with E-state index in [9.17, 15) is 4.39 Å². The molecule has 1 saturated carbocycles. The van der Waals surface area contributed by atoms with Gasteiger partial charge in [-0.05, 0) is 31.2 Å².